The van der Waals surface area contributed by atoms with Gasteiger partial charge in [0.2, 0.25) is 11.8 Å². The smallest absolute Gasteiger partial charge is 0.225 e. The molecule has 0 aliphatic carbocycles. The predicted octanol–water partition coefficient (Wildman–Crippen LogP) is 2.76. The molecule has 1 aromatic rings. The highest BCUT2D eigenvalue weighted by Crippen LogP contribution is 2.23. The molecule has 2 aliphatic heterocycles. The Labute approximate surface area is 146 Å². The van der Waals surface area contributed by atoms with Gasteiger partial charge in [-0.1, -0.05) is 0 Å². The number of hydrogen-bond acceptors (Lipinski definition) is 2. The number of carbonyl (C=O) groups is 2. The predicted molar refractivity (Wildman–Crippen MR) is 89.8 cm³/mol. The zero-order chi connectivity index (χ0) is 17.8. The van der Waals surface area contributed by atoms with Gasteiger partial charge < -0.3 is 9.80 Å². The van der Waals surface area contributed by atoms with Gasteiger partial charge >= 0.3 is 0 Å². The fourth-order valence-corrected chi connectivity index (χ4v) is 3.71. The number of rotatable bonds is 4. The minimum Gasteiger partial charge on any atom is -0.343 e. The molecule has 6 heteroatoms. The van der Waals surface area contributed by atoms with Gasteiger partial charge in [0.1, 0.15) is 11.6 Å². The van der Waals surface area contributed by atoms with Crippen molar-refractivity contribution in [3.8, 4) is 0 Å². The Morgan fingerprint density at radius 3 is 2.36 bits per heavy atom. The lowest BCUT2D eigenvalue weighted by atomic mass is 9.95. The Hall–Kier alpha value is -1.98. The molecule has 2 fully saturated rings. The summed E-state index contributed by atoms with van der Waals surface area (Å²) in [6, 6.07) is 3.30. The molecule has 0 aromatic heterocycles. The minimum absolute atomic E-state index is 0.0165. The van der Waals surface area contributed by atoms with Crippen molar-refractivity contribution >= 4 is 11.8 Å². The Morgan fingerprint density at radius 1 is 1.00 bits per heavy atom. The van der Waals surface area contributed by atoms with Crippen LogP contribution in [0.1, 0.15) is 37.7 Å². The van der Waals surface area contributed by atoms with E-state index in [9.17, 15) is 18.4 Å². The Balaban J connectivity index is 1.46. The first-order valence-corrected chi connectivity index (χ1v) is 9.05. The molecular formula is C19H24F2N2O2. The summed E-state index contributed by atoms with van der Waals surface area (Å²) < 4.78 is 26.8. The van der Waals surface area contributed by atoms with Gasteiger partial charge in [-0.2, -0.15) is 0 Å². The zero-order valence-electron chi connectivity index (χ0n) is 14.3. The summed E-state index contributed by atoms with van der Waals surface area (Å²) in [5.74, 6) is -0.792. The van der Waals surface area contributed by atoms with Crippen LogP contribution >= 0.6 is 0 Å². The lowest BCUT2D eigenvalue weighted by Gasteiger charge is -2.33. The summed E-state index contributed by atoms with van der Waals surface area (Å²) in [5, 5.41) is 0. The van der Waals surface area contributed by atoms with Crippen LogP contribution in [0, 0.1) is 17.6 Å². The van der Waals surface area contributed by atoms with Crippen molar-refractivity contribution in [1.82, 2.24) is 9.80 Å². The van der Waals surface area contributed by atoms with Crippen molar-refractivity contribution in [2.24, 2.45) is 5.92 Å². The van der Waals surface area contributed by atoms with Crippen molar-refractivity contribution in [2.45, 2.75) is 38.5 Å². The topological polar surface area (TPSA) is 40.6 Å². The SMILES string of the molecule is O=C(CCc1cc(F)ccc1F)N1CCC(C(=O)N2CCCC2)CC1. The van der Waals surface area contributed by atoms with E-state index in [0.29, 0.717) is 25.9 Å². The third kappa shape index (κ3) is 4.35. The molecule has 0 N–H and O–H groups in total. The number of benzene rings is 1. The van der Waals surface area contributed by atoms with E-state index in [1.165, 1.54) is 0 Å². The molecule has 4 nitrogen and oxygen atoms in total. The van der Waals surface area contributed by atoms with Crippen LogP contribution in [-0.4, -0.2) is 47.8 Å². The van der Waals surface area contributed by atoms with Crippen LogP contribution in [0.3, 0.4) is 0 Å². The van der Waals surface area contributed by atoms with E-state index in [0.717, 1.165) is 44.1 Å². The zero-order valence-corrected chi connectivity index (χ0v) is 14.3. The molecule has 2 aliphatic rings. The quantitative estimate of drug-likeness (QED) is 0.838. The highest BCUT2D eigenvalue weighted by molar-refractivity contribution is 5.80. The van der Waals surface area contributed by atoms with E-state index in [1.807, 2.05) is 4.90 Å². The van der Waals surface area contributed by atoms with Crippen LogP contribution in [0.25, 0.3) is 0 Å². The fraction of sp³-hybridized carbons (Fsp3) is 0.579. The molecule has 0 radical (unpaired) electrons. The Morgan fingerprint density at radius 2 is 1.68 bits per heavy atom. The number of carbonyl (C=O) groups excluding carboxylic acids is 2. The molecule has 2 heterocycles. The second-order valence-corrected chi connectivity index (χ2v) is 6.92. The number of nitrogens with zero attached hydrogens (tertiary/aromatic N) is 2. The summed E-state index contributed by atoms with van der Waals surface area (Å²) in [6.45, 7) is 2.85. The summed E-state index contributed by atoms with van der Waals surface area (Å²) in [5.41, 5.74) is 0.229. The highest BCUT2D eigenvalue weighted by atomic mass is 19.1. The maximum atomic E-state index is 13.6. The van der Waals surface area contributed by atoms with Crippen molar-refractivity contribution in [3.63, 3.8) is 0 Å². The largest absolute Gasteiger partial charge is 0.343 e. The van der Waals surface area contributed by atoms with E-state index >= 15 is 0 Å². The lowest BCUT2D eigenvalue weighted by molar-refractivity contribution is -0.140. The minimum atomic E-state index is -0.495. The van der Waals surface area contributed by atoms with E-state index in [-0.39, 0.29) is 36.1 Å². The van der Waals surface area contributed by atoms with E-state index in [2.05, 4.69) is 0 Å². The molecule has 136 valence electrons. The lowest BCUT2D eigenvalue weighted by Crippen LogP contribution is -2.43. The number of amides is 2. The highest BCUT2D eigenvalue weighted by Gasteiger charge is 2.31. The van der Waals surface area contributed by atoms with Gasteiger partial charge in [0, 0.05) is 38.5 Å². The van der Waals surface area contributed by atoms with Gasteiger partial charge in [-0.05, 0) is 55.9 Å². The second kappa shape index (κ2) is 7.93. The molecule has 25 heavy (non-hydrogen) atoms. The van der Waals surface area contributed by atoms with Gasteiger partial charge in [0.25, 0.3) is 0 Å². The first-order chi connectivity index (χ1) is 12.0. The average Bonchev–Trinajstić information content (AvgIpc) is 3.16. The normalized spacial score (nSPS) is 18.6. The number of hydrogen-bond donors (Lipinski definition) is 0. The summed E-state index contributed by atoms with van der Waals surface area (Å²) in [7, 11) is 0. The maximum Gasteiger partial charge on any atom is 0.225 e. The fourth-order valence-electron chi connectivity index (χ4n) is 3.71. The number of piperidine rings is 1. The number of halogens is 2. The van der Waals surface area contributed by atoms with E-state index in [1.54, 1.807) is 4.90 Å². The van der Waals surface area contributed by atoms with E-state index < -0.39 is 11.6 Å². The molecule has 0 bridgehead atoms. The third-order valence-electron chi connectivity index (χ3n) is 5.23. The second-order valence-electron chi connectivity index (χ2n) is 6.92. The summed E-state index contributed by atoms with van der Waals surface area (Å²) >= 11 is 0. The van der Waals surface area contributed by atoms with Crippen LogP contribution in [-0.2, 0) is 16.0 Å². The van der Waals surface area contributed by atoms with Crippen molar-refractivity contribution in [2.75, 3.05) is 26.2 Å². The first-order valence-electron chi connectivity index (χ1n) is 9.05. The molecule has 0 atom stereocenters. The molecule has 2 saturated heterocycles. The van der Waals surface area contributed by atoms with Crippen LogP contribution in [0.15, 0.2) is 18.2 Å². The van der Waals surface area contributed by atoms with Gasteiger partial charge in [-0.25, -0.2) is 8.78 Å². The van der Waals surface area contributed by atoms with Crippen molar-refractivity contribution in [3.05, 3.63) is 35.4 Å². The molecule has 1 aromatic carbocycles. The van der Waals surface area contributed by atoms with Gasteiger partial charge in [-0.3, -0.25) is 9.59 Å². The van der Waals surface area contributed by atoms with Crippen molar-refractivity contribution < 1.29 is 18.4 Å². The molecule has 3 rings (SSSR count). The van der Waals surface area contributed by atoms with Crippen molar-refractivity contribution in [1.29, 1.82) is 0 Å². The molecule has 0 saturated carbocycles. The van der Waals surface area contributed by atoms with Gasteiger partial charge in [-0.15, -0.1) is 0 Å². The van der Waals surface area contributed by atoms with Gasteiger partial charge in [0.05, 0.1) is 0 Å². The summed E-state index contributed by atoms with van der Waals surface area (Å²) in [4.78, 5) is 28.4. The monoisotopic (exact) mass is 350 g/mol. The van der Waals surface area contributed by atoms with Crippen LogP contribution in [0.4, 0.5) is 8.78 Å². The molecule has 0 spiro atoms. The van der Waals surface area contributed by atoms with Crippen LogP contribution in [0.2, 0.25) is 0 Å². The van der Waals surface area contributed by atoms with Crippen LogP contribution < -0.4 is 0 Å². The molecule has 0 unspecified atom stereocenters. The molecular weight excluding hydrogens is 326 g/mol. The standard InChI is InChI=1S/C19H24F2N2O2/c20-16-4-5-17(21)15(13-16)3-6-18(24)22-11-7-14(8-12-22)19(25)23-9-1-2-10-23/h4-5,13-14H,1-3,6-12H2. The third-order valence-corrected chi connectivity index (χ3v) is 5.23. The van der Waals surface area contributed by atoms with Gasteiger partial charge in [0.15, 0.2) is 0 Å². The summed E-state index contributed by atoms with van der Waals surface area (Å²) in [6.07, 6.45) is 3.89. The number of aryl methyl sites for hydroxylation is 1. The number of likely N-dealkylation sites (tertiary alicyclic amines) is 2. The first kappa shape index (κ1) is 17.8. The van der Waals surface area contributed by atoms with E-state index in [4.69, 9.17) is 0 Å². The Kier molecular flexibility index (Phi) is 5.66. The Bertz CT molecular complexity index is 636. The van der Waals surface area contributed by atoms with Crippen LogP contribution in [0.5, 0.6) is 0 Å². The maximum absolute atomic E-state index is 13.6. The average molecular weight is 350 g/mol. The molecule has 2 amide bonds.